The number of rotatable bonds is 2. The largest absolute Gasteiger partial charge is 0.399 e. The van der Waals surface area contributed by atoms with Gasteiger partial charge in [-0.1, -0.05) is 19.1 Å². The quantitative estimate of drug-likeness (QED) is 0.846. The maximum Gasteiger partial charge on any atom is 0.128 e. The van der Waals surface area contributed by atoms with Crippen LogP contribution in [0.4, 0.5) is 11.5 Å². The fourth-order valence-electron chi connectivity index (χ4n) is 2.66. The number of anilines is 2. The Morgan fingerprint density at radius 2 is 1.65 bits per heavy atom. The van der Waals surface area contributed by atoms with Gasteiger partial charge in [-0.25, -0.2) is 4.98 Å². The summed E-state index contributed by atoms with van der Waals surface area (Å²) < 4.78 is 0. The Balaban J connectivity index is 1.76. The van der Waals surface area contributed by atoms with E-state index in [1.54, 1.807) is 0 Å². The number of nitrogen functional groups attached to an aromatic ring is 1. The molecule has 1 aromatic carbocycles. The molecule has 0 atom stereocenters. The fraction of sp³-hybridized carbons (Fsp3) is 0.353. The van der Waals surface area contributed by atoms with Crippen molar-refractivity contribution in [3.8, 4) is 11.1 Å². The van der Waals surface area contributed by atoms with Gasteiger partial charge in [0.05, 0.1) is 0 Å². The molecule has 1 saturated heterocycles. The first kappa shape index (κ1) is 13.0. The van der Waals surface area contributed by atoms with Crippen LogP contribution in [0.25, 0.3) is 11.1 Å². The van der Waals surface area contributed by atoms with Crippen LogP contribution in [0, 0.1) is 5.92 Å². The van der Waals surface area contributed by atoms with E-state index in [2.05, 4.69) is 28.9 Å². The highest BCUT2D eigenvalue weighted by molar-refractivity contribution is 5.65. The molecule has 3 rings (SSSR count). The van der Waals surface area contributed by atoms with Gasteiger partial charge < -0.3 is 10.6 Å². The molecule has 3 nitrogen and oxygen atoms in total. The van der Waals surface area contributed by atoms with Crippen molar-refractivity contribution in [1.82, 2.24) is 4.98 Å². The summed E-state index contributed by atoms with van der Waals surface area (Å²) in [6.07, 6.45) is 4.49. The lowest BCUT2D eigenvalue weighted by molar-refractivity contribution is 0.436. The second kappa shape index (κ2) is 5.53. The first-order valence-corrected chi connectivity index (χ1v) is 7.29. The molecule has 1 aromatic heterocycles. The van der Waals surface area contributed by atoms with Crippen LogP contribution in [0.5, 0.6) is 0 Å². The van der Waals surface area contributed by atoms with Crippen molar-refractivity contribution in [3.05, 3.63) is 42.6 Å². The Morgan fingerprint density at radius 1 is 1.00 bits per heavy atom. The second-order valence-electron chi connectivity index (χ2n) is 5.70. The van der Waals surface area contributed by atoms with Crippen molar-refractivity contribution in [1.29, 1.82) is 0 Å². The van der Waals surface area contributed by atoms with E-state index in [9.17, 15) is 0 Å². The molecular weight excluding hydrogens is 246 g/mol. The van der Waals surface area contributed by atoms with Crippen molar-refractivity contribution >= 4 is 11.5 Å². The van der Waals surface area contributed by atoms with E-state index in [-0.39, 0.29) is 0 Å². The minimum atomic E-state index is 0.792. The van der Waals surface area contributed by atoms with Gasteiger partial charge >= 0.3 is 0 Å². The van der Waals surface area contributed by atoms with E-state index in [1.165, 1.54) is 12.8 Å². The number of hydrogen-bond acceptors (Lipinski definition) is 3. The predicted molar refractivity (Wildman–Crippen MR) is 84.7 cm³/mol. The van der Waals surface area contributed by atoms with Crippen molar-refractivity contribution in [2.75, 3.05) is 23.7 Å². The van der Waals surface area contributed by atoms with Crippen LogP contribution in [0.2, 0.25) is 0 Å². The van der Waals surface area contributed by atoms with E-state index in [4.69, 9.17) is 5.73 Å². The van der Waals surface area contributed by atoms with E-state index < -0.39 is 0 Å². The monoisotopic (exact) mass is 267 g/mol. The van der Waals surface area contributed by atoms with Crippen LogP contribution in [-0.4, -0.2) is 18.1 Å². The molecule has 1 fully saturated rings. The van der Waals surface area contributed by atoms with Crippen molar-refractivity contribution in [3.63, 3.8) is 0 Å². The summed E-state index contributed by atoms with van der Waals surface area (Å²) in [7, 11) is 0. The zero-order valence-electron chi connectivity index (χ0n) is 11.9. The third kappa shape index (κ3) is 2.77. The van der Waals surface area contributed by atoms with Crippen LogP contribution >= 0.6 is 0 Å². The van der Waals surface area contributed by atoms with Gasteiger partial charge in [0.25, 0.3) is 0 Å². The van der Waals surface area contributed by atoms with E-state index in [1.807, 2.05) is 30.5 Å². The van der Waals surface area contributed by atoms with E-state index in [0.29, 0.717) is 0 Å². The molecule has 0 aliphatic carbocycles. The number of hydrogen-bond donors (Lipinski definition) is 1. The standard InChI is InChI=1S/C17H21N3/c1-13-8-10-20(11-9-13)17-7-4-15(12-19-17)14-2-5-16(18)6-3-14/h2-7,12-13H,8-11,18H2,1H3. The summed E-state index contributed by atoms with van der Waals surface area (Å²) in [4.78, 5) is 7.00. The molecule has 1 aliphatic rings. The Labute approximate surface area is 120 Å². The SMILES string of the molecule is CC1CCN(c2ccc(-c3ccc(N)cc3)cn2)CC1. The Bertz CT molecular complexity index is 552. The van der Waals surface area contributed by atoms with Gasteiger partial charge in [0.2, 0.25) is 0 Å². The average Bonchev–Trinajstić information content (AvgIpc) is 2.49. The second-order valence-corrected chi connectivity index (χ2v) is 5.70. The van der Waals surface area contributed by atoms with Gasteiger partial charge in [-0.05, 0) is 48.6 Å². The minimum Gasteiger partial charge on any atom is -0.399 e. The Kier molecular flexibility index (Phi) is 3.59. The van der Waals surface area contributed by atoms with Crippen LogP contribution in [0.15, 0.2) is 42.6 Å². The maximum atomic E-state index is 5.72. The molecule has 2 N–H and O–H groups in total. The number of pyridine rings is 1. The highest BCUT2D eigenvalue weighted by Crippen LogP contribution is 2.24. The van der Waals surface area contributed by atoms with E-state index >= 15 is 0 Å². The highest BCUT2D eigenvalue weighted by atomic mass is 15.2. The highest BCUT2D eigenvalue weighted by Gasteiger charge is 2.16. The molecule has 0 spiro atoms. The molecule has 104 valence electrons. The van der Waals surface area contributed by atoms with Crippen LogP contribution in [-0.2, 0) is 0 Å². The number of benzene rings is 1. The predicted octanol–water partition coefficient (Wildman–Crippen LogP) is 3.57. The first-order valence-electron chi connectivity index (χ1n) is 7.29. The zero-order chi connectivity index (χ0) is 13.9. The summed E-state index contributed by atoms with van der Waals surface area (Å²) in [5.41, 5.74) is 8.80. The first-order chi connectivity index (χ1) is 9.72. The Morgan fingerprint density at radius 3 is 2.25 bits per heavy atom. The van der Waals surface area contributed by atoms with Crippen molar-refractivity contribution in [2.24, 2.45) is 5.92 Å². The molecule has 0 unspecified atom stereocenters. The number of aromatic nitrogens is 1. The van der Waals surface area contributed by atoms with Gasteiger partial charge in [-0.2, -0.15) is 0 Å². The summed E-state index contributed by atoms with van der Waals surface area (Å²) >= 11 is 0. The third-order valence-corrected chi connectivity index (χ3v) is 4.10. The summed E-state index contributed by atoms with van der Waals surface area (Å²) in [5, 5.41) is 0. The third-order valence-electron chi connectivity index (χ3n) is 4.10. The van der Waals surface area contributed by atoms with E-state index in [0.717, 1.165) is 41.6 Å². The minimum absolute atomic E-state index is 0.792. The van der Waals surface area contributed by atoms with Crippen LogP contribution in [0.3, 0.4) is 0 Å². The number of piperidine rings is 1. The number of nitrogens with two attached hydrogens (primary N) is 1. The van der Waals surface area contributed by atoms with Crippen LogP contribution < -0.4 is 10.6 Å². The average molecular weight is 267 g/mol. The zero-order valence-corrected chi connectivity index (χ0v) is 11.9. The van der Waals surface area contributed by atoms with Gasteiger partial charge in [-0.15, -0.1) is 0 Å². The molecule has 0 bridgehead atoms. The van der Waals surface area contributed by atoms with Gasteiger partial charge in [-0.3, -0.25) is 0 Å². The summed E-state index contributed by atoms with van der Waals surface area (Å²) in [6, 6.07) is 12.2. The fourth-order valence-corrected chi connectivity index (χ4v) is 2.66. The molecule has 20 heavy (non-hydrogen) atoms. The molecular formula is C17H21N3. The molecule has 0 saturated carbocycles. The summed E-state index contributed by atoms with van der Waals surface area (Å²) in [5.74, 6) is 1.94. The topological polar surface area (TPSA) is 42.1 Å². The normalized spacial score (nSPS) is 16.4. The lowest BCUT2D eigenvalue weighted by Crippen LogP contribution is -2.33. The molecule has 1 aliphatic heterocycles. The van der Waals surface area contributed by atoms with Crippen molar-refractivity contribution in [2.45, 2.75) is 19.8 Å². The Hall–Kier alpha value is -2.03. The lowest BCUT2D eigenvalue weighted by atomic mass is 9.99. The molecule has 2 aromatic rings. The molecule has 2 heterocycles. The molecule has 0 radical (unpaired) electrons. The molecule has 3 heteroatoms. The van der Waals surface area contributed by atoms with Gasteiger partial charge in [0, 0.05) is 30.5 Å². The number of nitrogens with zero attached hydrogens (tertiary/aromatic N) is 2. The summed E-state index contributed by atoms with van der Waals surface area (Å²) in [6.45, 7) is 4.57. The van der Waals surface area contributed by atoms with Gasteiger partial charge in [0.15, 0.2) is 0 Å². The molecule has 0 amide bonds. The smallest absolute Gasteiger partial charge is 0.128 e. The maximum absolute atomic E-state index is 5.72. The van der Waals surface area contributed by atoms with Gasteiger partial charge in [0.1, 0.15) is 5.82 Å². The lowest BCUT2D eigenvalue weighted by Gasteiger charge is -2.31. The van der Waals surface area contributed by atoms with Crippen molar-refractivity contribution < 1.29 is 0 Å². The van der Waals surface area contributed by atoms with Crippen LogP contribution in [0.1, 0.15) is 19.8 Å².